The molecule has 1 atom stereocenters. The van der Waals surface area contributed by atoms with E-state index in [9.17, 15) is 15.3 Å². The van der Waals surface area contributed by atoms with Gasteiger partial charge >= 0.3 is 0 Å². The van der Waals surface area contributed by atoms with E-state index in [4.69, 9.17) is 4.74 Å². The highest BCUT2D eigenvalue weighted by atomic mass is 16.5. The van der Waals surface area contributed by atoms with Crippen LogP contribution in [0.15, 0.2) is 60.9 Å². The second-order valence-corrected chi connectivity index (χ2v) is 8.54. The Kier molecular flexibility index (Phi) is 6.83. The van der Waals surface area contributed by atoms with Crippen LogP contribution < -0.4 is 4.74 Å². The van der Waals surface area contributed by atoms with Crippen molar-refractivity contribution in [2.24, 2.45) is 5.41 Å². The molecule has 3 N–H and O–H groups in total. The maximum Gasteiger partial charge on any atom is 0.120 e. The van der Waals surface area contributed by atoms with Gasteiger partial charge in [-0.2, -0.15) is 0 Å². The van der Waals surface area contributed by atoms with E-state index in [1.807, 2.05) is 30.3 Å². The number of piperidine rings is 1. The molecule has 1 aliphatic rings. The van der Waals surface area contributed by atoms with Crippen molar-refractivity contribution in [3.8, 4) is 16.9 Å². The van der Waals surface area contributed by atoms with Crippen molar-refractivity contribution in [1.82, 2.24) is 9.88 Å². The SMILES string of the molecule is OCC1(CO)CCN(CC(O)COc2ccc3ccc(-c4ccncc4)cc3c2)CC1. The molecule has 2 heterocycles. The van der Waals surface area contributed by atoms with Crippen LogP contribution in [0.2, 0.25) is 0 Å². The van der Waals surface area contributed by atoms with E-state index in [-0.39, 0.29) is 25.2 Å². The molecular weight excluding hydrogens is 392 g/mol. The second-order valence-electron chi connectivity index (χ2n) is 8.54. The molecule has 1 aliphatic heterocycles. The summed E-state index contributed by atoms with van der Waals surface area (Å²) in [6, 6.07) is 16.3. The lowest BCUT2D eigenvalue weighted by Crippen LogP contribution is -2.46. The molecule has 4 rings (SSSR count). The molecule has 0 saturated carbocycles. The van der Waals surface area contributed by atoms with E-state index >= 15 is 0 Å². The number of aliphatic hydroxyl groups excluding tert-OH is 3. The van der Waals surface area contributed by atoms with Gasteiger partial charge in [-0.25, -0.2) is 0 Å². The first-order valence-electron chi connectivity index (χ1n) is 10.8. The minimum Gasteiger partial charge on any atom is -0.491 e. The molecule has 0 radical (unpaired) electrons. The van der Waals surface area contributed by atoms with E-state index in [2.05, 4.69) is 28.1 Å². The number of hydrogen-bond acceptors (Lipinski definition) is 6. The summed E-state index contributed by atoms with van der Waals surface area (Å²) < 4.78 is 5.88. The molecule has 0 bridgehead atoms. The van der Waals surface area contributed by atoms with Gasteiger partial charge in [-0.05, 0) is 78.2 Å². The summed E-state index contributed by atoms with van der Waals surface area (Å²) in [4.78, 5) is 6.24. The molecule has 2 aromatic carbocycles. The van der Waals surface area contributed by atoms with Gasteiger partial charge in [-0.15, -0.1) is 0 Å². The van der Waals surface area contributed by atoms with Crippen molar-refractivity contribution in [1.29, 1.82) is 0 Å². The van der Waals surface area contributed by atoms with Crippen molar-refractivity contribution in [2.45, 2.75) is 18.9 Å². The van der Waals surface area contributed by atoms with Crippen LogP contribution in [0, 0.1) is 5.41 Å². The van der Waals surface area contributed by atoms with Crippen LogP contribution in [-0.4, -0.2) is 70.8 Å². The number of ether oxygens (including phenoxy) is 1. The second kappa shape index (κ2) is 9.75. The number of hydrogen-bond donors (Lipinski definition) is 3. The maximum absolute atomic E-state index is 10.4. The highest BCUT2D eigenvalue weighted by molar-refractivity contribution is 5.88. The zero-order valence-corrected chi connectivity index (χ0v) is 17.7. The van der Waals surface area contributed by atoms with E-state index < -0.39 is 6.10 Å². The largest absolute Gasteiger partial charge is 0.491 e. The minimum absolute atomic E-state index is 0.00778. The standard InChI is InChI=1S/C25H30N2O4/c28-17-25(18-29)7-11-27(12-8-25)15-23(30)16-31-24-4-3-19-1-2-21(13-22(19)14-24)20-5-9-26-10-6-20/h1-6,9-10,13-14,23,28-30H,7-8,11-12,15-18H2. The molecular formula is C25H30N2O4. The lowest BCUT2D eigenvalue weighted by molar-refractivity contribution is -0.0156. The molecule has 1 unspecified atom stereocenters. The summed E-state index contributed by atoms with van der Waals surface area (Å²) in [7, 11) is 0. The number of nitrogens with zero attached hydrogens (tertiary/aromatic N) is 2. The normalized spacial score (nSPS) is 17.5. The predicted molar refractivity (Wildman–Crippen MR) is 121 cm³/mol. The van der Waals surface area contributed by atoms with Crippen LogP contribution in [0.1, 0.15) is 12.8 Å². The maximum atomic E-state index is 10.4. The van der Waals surface area contributed by atoms with Crippen molar-refractivity contribution >= 4 is 10.8 Å². The van der Waals surface area contributed by atoms with Crippen molar-refractivity contribution < 1.29 is 20.1 Å². The first kappa shape index (κ1) is 21.7. The van der Waals surface area contributed by atoms with Gasteiger partial charge in [0.1, 0.15) is 18.5 Å². The molecule has 3 aromatic rings. The Morgan fingerprint density at radius 3 is 2.32 bits per heavy atom. The van der Waals surface area contributed by atoms with Gasteiger partial charge in [-0.1, -0.05) is 18.2 Å². The molecule has 164 valence electrons. The Hall–Kier alpha value is -2.51. The summed E-state index contributed by atoms with van der Waals surface area (Å²) >= 11 is 0. The van der Waals surface area contributed by atoms with Gasteiger partial charge < -0.3 is 25.0 Å². The molecule has 1 fully saturated rings. The summed E-state index contributed by atoms with van der Waals surface area (Å²) in [6.45, 7) is 2.27. The van der Waals surface area contributed by atoms with Crippen molar-refractivity contribution in [3.05, 3.63) is 60.9 Å². The fourth-order valence-electron chi connectivity index (χ4n) is 4.16. The molecule has 1 saturated heterocycles. The quantitative estimate of drug-likeness (QED) is 0.518. The highest BCUT2D eigenvalue weighted by Gasteiger charge is 2.33. The summed E-state index contributed by atoms with van der Waals surface area (Å²) in [5, 5.41) is 31.7. The number of β-amino-alcohol motifs (C(OH)–C–C–N with tert-alkyl or cyclic N) is 1. The molecule has 0 spiro atoms. The Bertz CT molecular complexity index is 981. The van der Waals surface area contributed by atoms with Gasteiger partial charge in [0.2, 0.25) is 0 Å². The van der Waals surface area contributed by atoms with Crippen molar-refractivity contribution in [3.63, 3.8) is 0 Å². The Morgan fingerprint density at radius 2 is 1.61 bits per heavy atom. The third-order valence-electron chi connectivity index (χ3n) is 6.32. The average molecular weight is 423 g/mol. The van der Waals surface area contributed by atoms with E-state index in [1.165, 1.54) is 0 Å². The number of likely N-dealkylation sites (tertiary alicyclic amines) is 1. The molecule has 6 nitrogen and oxygen atoms in total. The Balaban J connectivity index is 1.34. The monoisotopic (exact) mass is 422 g/mol. The van der Waals surface area contributed by atoms with Crippen LogP contribution in [0.3, 0.4) is 0 Å². The van der Waals surface area contributed by atoms with E-state index in [0.29, 0.717) is 6.54 Å². The fourth-order valence-corrected chi connectivity index (χ4v) is 4.16. The predicted octanol–water partition coefficient (Wildman–Crippen LogP) is 2.71. The minimum atomic E-state index is -0.602. The number of aliphatic hydroxyl groups is 3. The third-order valence-corrected chi connectivity index (χ3v) is 6.32. The van der Waals surface area contributed by atoms with Gasteiger partial charge in [0.05, 0.1) is 13.2 Å². The van der Waals surface area contributed by atoms with E-state index in [0.717, 1.165) is 53.6 Å². The average Bonchev–Trinajstić information content (AvgIpc) is 2.83. The first-order valence-corrected chi connectivity index (χ1v) is 10.8. The molecule has 0 amide bonds. The van der Waals surface area contributed by atoms with Crippen molar-refractivity contribution in [2.75, 3.05) is 39.5 Å². The zero-order valence-electron chi connectivity index (χ0n) is 17.7. The van der Waals surface area contributed by atoms with Crippen LogP contribution in [0.5, 0.6) is 5.75 Å². The molecule has 1 aromatic heterocycles. The number of pyridine rings is 1. The highest BCUT2D eigenvalue weighted by Crippen LogP contribution is 2.30. The lowest BCUT2D eigenvalue weighted by Gasteiger charge is -2.40. The fraction of sp³-hybridized carbons (Fsp3) is 0.400. The number of aromatic nitrogens is 1. The van der Waals surface area contributed by atoms with Gasteiger partial charge in [0.15, 0.2) is 0 Å². The van der Waals surface area contributed by atoms with Crippen LogP contribution in [-0.2, 0) is 0 Å². The van der Waals surface area contributed by atoms with Gasteiger partial charge in [-0.3, -0.25) is 4.98 Å². The number of benzene rings is 2. The topological polar surface area (TPSA) is 86.1 Å². The smallest absolute Gasteiger partial charge is 0.120 e. The number of fused-ring (bicyclic) bond motifs is 1. The van der Waals surface area contributed by atoms with Gasteiger partial charge in [0.25, 0.3) is 0 Å². The van der Waals surface area contributed by atoms with Crippen LogP contribution in [0.4, 0.5) is 0 Å². The van der Waals surface area contributed by atoms with Gasteiger partial charge in [0, 0.05) is 24.4 Å². The summed E-state index contributed by atoms with van der Waals surface area (Å²) in [5.41, 5.74) is 1.86. The Labute approximate surface area is 182 Å². The number of rotatable bonds is 8. The molecule has 0 aliphatic carbocycles. The molecule has 31 heavy (non-hydrogen) atoms. The summed E-state index contributed by atoms with van der Waals surface area (Å²) in [5.74, 6) is 0.733. The summed E-state index contributed by atoms with van der Waals surface area (Å²) in [6.07, 6.45) is 4.44. The zero-order chi connectivity index (χ0) is 21.7. The Morgan fingerprint density at radius 1 is 0.903 bits per heavy atom. The first-order chi connectivity index (χ1) is 15.1. The van der Waals surface area contributed by atoms with Crippen LogP contribution >= 0.6 is 0 Å². The lowest BCUT2D eigenvalue weighted by atomic mass is 9.80. The van der Waals surface area contributed by atoms with Crippen LogP contribution in [0.25, 0.3) is 21.9 Å². The van der Waals surface area contributed by atoms with E-state index in [1.54, 1.807) is 12.4 Å². The third kappa shape index (κ3) is 5.22. The molecule has 6 heteroatoms.